The van der Waals surface area contributed by atoms with Crippen molar-refractivity contribution in [1.82, 2.24) is 0 Å². The first kappa shape index (κ1) is 15.2. The number of halogens is 1. The minimum Gasteiger partial charge on any atom is -0.491 e. The molecule has 4 unspecified atom stereocenters. The van der Waals surface area contributed by atoms with Gasteiger partial charge in [-0.25, -0.2) is 0 Å². The van der Waals surface area contributed by atoms with Crippen LogP contribution in [0.15, 0.2) is 18.2 Å². The van der Waals surface area contributed by atoms with Gasteiger partial charge < -0.3 is 10.5 Å². The van der Waals surface area contributed by atoms with Crippen LogP contribution in [-0.2, 0) is 6.42 Å². The van der Waals surface area contributed by atoms with Gasteiger partial charge in [0.25, 0.3) is 0 Å². The standard InChI is InChI=1S/C18H26ClNO/c1-2-16(20)10-14-4-3-5-17(19)18(14)21-11-15-9-12-6-7-13(15)8-12/h3-5,12-13,15-16H,2,6-11,20H2,1H3. The molecule has 1 aromatic rings. The molecule has 0 aromatic heterocycles. The highest BCUT2D eigenvalue weighted by Crippen LogP contribution is 2.48. The zero-order valence-corrected chi connectivity index (χ0v) is 13.6. The lowest BCUT2D eigenvalue weighted by Crippen LogP contribution is -2.23. The summed E-state index contributed by atoms with van der Waals surface area (Å²) in [5, 5.41) is 0.721. The van der Waals surface area contributed by atoms with Crippen molar-refractivity contribution in [1.29, 1.82) is 0 Å². The Morgan fingerprint density at radius 1 is 1.33 bits per heavy atom. The van der Waals surface area contributed by atoms with Crippen LogP contribution in [0.25, 0.3) is 0 Å². The van der Waals surface area contributed by atoms with E-state index in [9.17, 15) is 0 Å². The summed E-state index contributed by atoms with van der Waals surface area (Å²) in [6.07, 6.45) is 7.41. The van der Waals surface area contributed by atoms with E-state index in [2.05, 4.69) is 13.0 Å². The number of nitrogens with two attached hydrogens (primary N) is 1. The first-order valence-corrected chi connectivity index (χ1v) is 8.71. The molecule has 3 heteroatoms. The molecule has 2 aliphatic carbocycles. The summed E-state index contributed by atoms with van der Waals surface area (Å²) in [4.78, 5) is 0. The molecule has 2 aliphatic rings. The monoisotopic (exact) mass is 307 g/mol. The van der Waals surface area contributed by atoms with Crippen molar-refractivity contribution >= 4 is 11.6 Å². The van der Waals surface area contributed by atoms with Gasteiger partial charge in [-0.15, -0.1) is 0 Å². The highest BCUT2D eigenvalue weighted by molar-refractivity contribution is 6.32. The fourth-order valence-electron chi connectivity index (χ4n) is 4.07. The van der Waals surface area contributed by atoms with E-state index >= 15 is 0 Å². The van der Waals surface area contributed by atoms with E-state index in [1.54, 1.807) is 0 Å². The number of para-hydroxylation sites is 1. The smallest absolute Gasteiger partial charge is 0.141 e. The predicted octanol–water partition coefficient (Wildman–Crippen LogP) is 4.43. The van der Waals surface area contributed by atoms with E-state index in [0.717, 1.165) is 53.5 Å². The molecule has 2 fully saturated rings. The molecule has 0 heterocycles. The van der Waals surface area contributed by atoms with Crippen molar-refractivity contribution in [2.24, 2.45) is 23.5 Å². The van der Waals surface area contributed by atoms with E-state index in [1.807, 2.05) is 12.1 Å². The summed E-state index contributed by atoms with van der Waals surface area (Å²) >= 11 is 6.35. The Bertz CT molecular complexity index is 490. The number of ether oxygens (including phenoxy) is 1. The van der Waals surface area contributed by atoms with Crippen LogP contribution in [0.5, 0.6) is 5.75 Å². The van der Waals surface area contributed by atoms with Crippen LogP contribution in [0.1, 0.15) is 44.6 Å². The second-order valence-corrected chi connectivity index (χ2v) is 7.25. The van der Waals surface area contributed by atoms with Crippen molar-refractivity contribution < 1.29 is 4.74 Å². The Morgan fingerprint density at radius 2 is 2.19 bits per heavy atom. The molecule has 21 heavy (non-hydrogen) atoms. The van der Waals surface area contributed by atoms with Gasteiger partial charge in [0.05, 0.1) is 11.6 Å². The molecule has 0 spiro atoms. The Morgan fingerprint density at radius 3 is 2.86 bits per heavy atom. The van der Waals surface area contributed by atoms with Crippen LogP contribution in [0.2, 0.25) is 5.02 Å². The van der Waals surface area contributed by atoms with Crippen LogP contribution in [0.3, 0.4) is 0 Å². The van der Waals surface area contributed by atoms with Crippen molar-refractivity contribution in [3.63, 3.8) is 0 Å². The number of fused-ring (bicyclic) bond motifs is 2. The van der Waals surface area contributed by atoms with Gasteiger partial charge in [0.15, 0.2) is 0 Å². The molecule has 3 rings (SSSR count). The molecule has 0 aliphatic heterocycles. The van der Waals surface area contributed by atoms with Gasteiger partial charge in [-0.3, -0.25) is 0 Å². The van der Waals surface area contributed by atoms with Gasteiger partial charge >= 0.3 is 0 Å². The van der Waals surface area contributed by atoms with Crippen LogP contribution >= 0.6 is 11.6 Å². The van der Waals surface area contributed by atoms with Gasteiger partial charge in [-0.1, -0.05) is 37.1 Å². The van der Waals surface area contributed by atoms with Crippen molar-refractivity contribution in [2.45, 2.75) is 51.5 Å². The van der Waals surface area contributed by atoms with Crippen LogP contribution in [-0.4, -0.2) is 12.6 Å². The molecule has 2 N–H and O–H groups in total. The third kappa shape index (κ3) is 3.37. The third-order valence-corrected chi connectivity index (χ3v) is 5.68. The van der Waals surface area contributed by atoms with Crippen molar-refractivity contribution in [3.8, 4) is 5.75 Å². The van der Waals surface area contributed by atoms with Gasteiger partial charge in [0, 0.05) is 6.04 Å². The number of hydrogen-bond donors (Lipinski definition) is 1. The first-order chi connectivity index (χ1) is 10.2. The number of benzene rings is 1. The summed E-state index contributed by atoms with van der Waals surface area (Å²) < 4.78 is 6.16. The van der Waals surface area contributed by atoms with Crippen LogP contribution in [0, 0.1) is 17.8 Å². The SMILES string of the molecule is CCC(N)Cc1cccc(Cl)c1OCC1CC2CCC1C2. The largest absolute Gasteiger partial charge is 0.491 e. The molecule has 0 amide bonds. The molecule has 4 atom stereocenters. The zero-order chi connectivity index (χ0) is 14.8. The van der Waals surface area contributed by atoms with E-state index in [0.29, 0.717) is 0 Å². The van der Waals surface area contributed by atoms with E-state index < -0.39 is 0 Å². The topological polar surface area (TPSA) is 35.2 Å². The summed E-state index contributed by atoms with van der Waals surface area (Å²) in [7, 11) is 0. The van der Waals surface area contributed by atoms with Gasteiger partial charge in [0.2, 0.25) is 0 Å². The average Bonchev–Trinajstić information content (AvgIpc) is 3.09. The molecule has 0 radical (unpaired) electrons. The maximum atomic E-state index is 6.35. The Kier molecular flexibility index (Phi) is 4.75. The Labute approximate surface area is 133 Å². The lowest BCUT2D eigenvalue weighted by Gasteiger charge is -2.23. The van der Waals surface area contributed by atoms with Crippen molar-refractivity contribution in [3.05, 3.63) is 28.8 Å². The quantitative estimate of drug-likeness (QED) is 0.843. The molecule has 0 saturated heterocycles. The van der Waals surface area contributed by atoms with E-state index in [-0.39, 0.29) is 6.04 Å². The van der Waals surface area contributed by atoms with Crippen LogP contribution < -0.4 is 10.5 Å². The normalized spacial score (nSPS) is 28.8. The van der Waals surface area contributed by atoms with Gasteiger partial charge in [-0.05, 0) is 61.5 Å². The first-order valence-electron chi connectivity index (χ1n) is 8.33. The molecular weight excluding hydrogens is 282 g/mol. The molecule has 2 saturated carbocycles. The van der Waals surface area contributed by atoms with Gasteiger partial charge in [-0.2, -0.15) is 0 Å². The Hall–Kier alpha value is -0.730. The maximum absolute atomic E-state index is 6.35. The molecule has 2 nitrogen and oxygen atoms in total. The lowest BCUT2D eigenvalue weighted by molar-refractivity contribution is 0.194. The summed E-state index contributed by atoms with van der Waals surface area (Å²) in [6.45, 7) is 2.93. The fourth-order valence-corrected chi connectivity index (χ4v) is 4.32. The van der Waals surface area contributed by atoms with Gasteiger partial charge in [0.1, 0.15) is 5.75 Å². The van der Waals surface area contributed by atoms with Crippen molar-refractivity contribution in [2.75, 3.05) is 6.61 Å². The average molecular weight is 308 g/mol. The number of rotatable bonds is 6. The zero-order valence-electron chi connectivity index (χ0n) is 12.9. The molecule has 1 aromatic carbocycles. The molecule has 116 valence electrons. The number of hydrogen-bond acceptors (Lipinski definition) is 2. The minimum absolute atomic E-state index is 0.174. The molecular formula is C18H26ClNO. The van der Waals surface area contributed by atoms with Crippen LogP contribution in [0.4, 0.5) is 0 Å². The van der Waals surface area contributed by atoms with E-state index in [4.69, 9.17) is 22.1 Å². The lowest BCUT2D eigenvalue weighted by atomic mass is 9.89. The second-order valence-electron chi connectivity index (χ2n) is 6.85. The highest BCUT2D eigenvalue weighted by atomic mass is 35.5. The van der Waals surface area contributed by atoms with E-state index in [1.165, 1.54) is 25.7 Å². The minimum atomic E-state index is 0.174. The summed E-state index contributed by atoms with van der Waals surface area (Å²) in [5.74, 6) is 3.44. The summed E-state index contributed by atoms with van der Waals surface area (Å²) in [5.41, 5.74) is 7.25. The second kappa shape index (κ2) is 6.58. The predicted molar refractivity (Wildman–Crippen MR) is 87.9 cm³/mol. The molecule has 2 bridgehead atoms. The maximum Gasteiger partial charge on any atom is 0.141 e. The third-order valence-electron chi connectivity index (χ3n) is 5.38. The Balaban J connectivity index is 1.66. The summed E-state index contributed by atoms with van der Waals surface area (Å²) in [6, 6.07) is 6.17. The fraction of sp³-hybridized carbons (Fsp3) is 0.667. The highest BCUT2D eigenvalue weighted by Gasteiger charge is 2.39.